The fraction of sp³-hybridized carbons (Fsp3) is 0.273. The van der Waals surface area contributed by atoms with Crippen LogP contribution in [0.3, 0.4) is 0 Å². The molecule has 0 spiro atoms. The highest BCUT2D eigenvalue weighted by Gasteiger charge is 2.19. The molecule has 0 unspecified atom stereocenters. The molecule has 0 radical (unpaired) electrons. The van der Waals surface area contributed by atoms with Crippen LogP contribution in [0.4, 0.5) is 5.82 Å². The van der Waals surface area contributed by atoms with E-state index in [2.05, 4.69) is 14.8 Å². The Morgan fingerprint density at radius 2 is 2.05 bits per heavy atom. The van der Waals surface area contributed by atoms with Crippen LogP contribution >= 0.6 is 23.2 Å². The third-order valence-corrected chi connectivity index (χ3v) is 4.49. The molecular weight excluding hydrogens is 323 g/mol. The quantitative estimate of drug-likeness (QED) is 0.872. The summed E-state index contributed by atoms with van der Waals surface area (Å²) in [5.41, 5.74) is 0. The topological polar surface area (TPSA) is 76.9 Å². The highest BCUT2D eigenvalue weighted by atomic mass is 35.5. The van der Waals surface area contributed by atoms with Gasteiger partial charge in [-0.3, -0.25) is 4.72 Å². The van der Waals surface area contributed by atoms with Crippen LogP contribution in [0.25, 0.3) is 0 Å². The molecule has 0 saturated carbocycles. The van der Waals surface area contributed by atoms with Crippen LogP contribution in [0, 0.1) is 0 Å². The van der Waals surface area contributed by atoms with Crippen molar-refractivity contribution in [3.63, 3.8) is 0 Å². The van der Waals surface area contributed by atoms with Crippen molar-refractivity contribution in [1.29, 1.82) is 0 Å². The zero-order chi connectivity index (χ0) is 14.9. The van der Waals surface area contributed by atoms with E-state index in [1.165, 1.54) is 12.3 Å². The van der Waals surface area contributed by atoms with Crippen LogP contribution in [-0.2, 0) is 10.0 Å². The smallest absolute Gasteiger partial charge is 0.264 e. The Hall–Kier alpha value is -1.31. The first-order chi connectivity index (χ1) is 9.31. The Kier molecular flexibility index (Phi) is 4.22. The minimum atomic E-state index is -3.79. The van der Waals surface area contributed by atoms with E-state index in [-0.39, 0.29) is 21.1 Å². The summed E-state index contributed by atoms with van der Waals surface area (Å²) in [7, 11) is -3.79. The van der Waals surface area contributed by atoms with Gasteiger partial charge in [0.25, 0.3) is 10.0 Å². The average molecular weight is 335 g/mol. The van der Waals surface area contributed by atoms with Crippen LogP contribution in [0.2, 0.25) is 10.2 Å². The molecule has 0 aliphatic heterocycles. The van der Waals surface area contributed by atoms with Gasteiger partial charge in [-0.15, -0.1) is 0 Å². The number of aromatic nitrogens is 3. The summed E-state index contributed by atoms with van der Waals surface area (Å²) in [6.07, 6.45) is 2.66. The second-order valence-corrected chi connectivity index (χ2v) is 6.75. The molecule has 0 saturated heterocycles. The summed E-state index contributed by atoms with van der Waals surface area (Å²) in [6, 6.07) is 2.84. The van der Waals surface area contributed by atoms with Gasteiger partial charge in [0.15, 0.2) is 0 Å². The number of nitrogens with one attached hydrogen (secondary N) is 1. The molecule has 0 fully saturated rings. The third-order valence-electron chi connectivity index (χ3n) is 2.48. The molecule has 2 aromatic rings. The predicted molar refractivity (Wildman–Crippen MR) is 77.7 cm³/mol. The first-order valence-electron chi connectivity index (χ1n) is 5.68. The zero-order valence-electron chi connectivity index (χ0n) is 10.7. The van der Waals surface area contributed by atoms with Crippen molar-refractivity contribution in [3.8, 4) is 0 Å². The highest BCUT2D eigenvalue weighted by Crippen LogP contribution is 2.24. The van der Waals surface area contributed by atoms with Crippen molar-refractivity contribution in [3.05, 3.63) is 34.7 Å². The van der Waals surface area contributed by atoms with Crippen LogP contribution < -0.4 is 4.72 Å². The summed E-state index contributed by atoms with van der Waals surface area (Å²) in [6.45, 7) is 3.79. The Morgan fingerprint density at radius 1 is 1.35 bits per heavy atom. The normalized spacial score (nSPS) is 11.8. The van der Waals surface area contributed by atoms with Crippen LogP contribution in [0.1, 0.15) is 19.9 Å². The second kappa shape index (κ2) is 5.59. The number of pyridine rings is 1. The molecular formula is C11H12Cl2N4O2S. The maximum Gasteiger partial charge on any atom is 0.264 e. The fourth-order valence-corrected chi connectivity index (χ4v) is 2.91. The third kappa shape index (κ3) is 3.05. The predicted octanol–water partition coefficient (Wildman–Crippen LogP) is 2.97. The summed E-state index contributed by atoms with van der Waals surface area (Å²) < 4.78 is 28.5. The number of nitrogens with zero attached hydrogens (tertiary/aromatic N) is 3. The van der Waals surface area contributed by atoms with Gasteiger partial charge >= 0.3 is 0 Å². The fourth-order valence-electron chi connectivity index (χ4n) is 1.55. The lowest BCUT2D eigenvalue weighted by molar-refractivity contribution is 0.539. The van der Waals surface area contributed by atoms with Gasteiger partial charge < -0.3 is 0 Å². The molecule has 0 bridgehead atoms. The Labute approximate surface area is 126 Å². The van der Waals surface area contributed by atoms with Crippen molar-refractivity contribution < 1.29 is 8.42 Å². The van der Waals surface area contributed by atoms with Gasteiger partial charge in [-0.25, -0.2) is 18.1 Å². The van der Waals surface area contributed by atoms with Crippen molar-refractivity contribution in [2.24, 2.45) is 0 Å². The standard InChI is InChI=1S/C11H12Cl2N4O2S/c1-7(2)17-10(3-4-15-17)16-20(18,19)8-5-9(12)11(13)14-6-8/h3-7,16H,1-2H3. The van der Waals surface area contributed by atoms with Gasteiger partial charge in [-0.1, -0.05) is 23.2 Å². The second-order valence-electron chi connectivity index (χ2n) is 4.30. The largest absolute Gasteiger partial charge is 0.264 e. The van der Waals surface area contributed by atoms with Gasteiger partial charge in [-0.05, 0) is 19.9 Å². The van der Waals surface area contributed by atoms with Crippen molar-refractivity contribution in [2.45, 2.75) is 24.8 Å². The molecule has 0 amide bonds. The summed E-state index contributed by atoms with van der Waals surface area (Å²) >= 11 is 11.4. The molecule has 6 nitrogen and oxygen atoms in total. The number of hydrogen-bond donors (Lipinski definition) is 1. The number of sulfonamides is 1. The van der Waals surface area contributed by atoms with Crippen molar-refractivity contribution in [2.75, 3.05) is 4.72 Å². The van der Waals surface area contributed by atoms with E-state index in [1.54, 1.807) is 10.7 Å². The maximum atomic E-state index is 12.2. The molecule has 0 aliphatic carbocycles. The molecule has 20 heavy (non-hydrogen) atoms. The molecule has 1 N–H and O–H groups in total. The van der Waals surface area contributed by atoms with Gasteiger partial charge in [0.05, 0.1) is 11.2 Å². The van der Waals surface area contributed by atoms with Gasteiger partial charge in [-0.2, -0.15) is 5.10 Å². The number of rotatable bonds is 4. The molecule has 9 heteroatoms. The lowest BCUT2D eigenvalue weighted by atomic mass is 10.4. The molecule has 2 aromatic heterocycles. The van der Waals surface area contributed by atoms with E-state index >= 15 is 0 Å². The monoisotopic (exact) mass is 334 g/mol. The molecule has 0 atom stereocenters. The molecule has 2 rings (SSSR count). The molecule has 108 valence electrons. The van der Waals surface area contributed by atoms with Crippen LogP contribution in [0.15, 0.2) is 29.4 Å². The zero-order valence-corrected chi connectivity index (χ0v) is 13.0. The Morgan fingerprint density at radius 3 is 2.65 bits per heavy atom. The van der Waals surface area contributed by atoms with E-state index in [9.17, 15) is 8.42 Å². The average Bonchev–Trinajstić information content (AvgIpc) is 2.80. The summed E-state index contributed by atoms with van der Waals surface area (Å²) in [5, 5.41) is 4.18. The van der Waals surface area contributed by atoms with Gasteiger partial charge in [0.1, 0.15) is 15.9 Å². The SMILES string of the molecule is CC(C)n1nccc1NS(=O)(=O)c1cnc(Cl)c(Cl)c1. The van der Waals surface area contributed by atoms with E-state index in [0.29, 0.717) is 5.82 Å². The molecule has 2 heterocycles. The lowest BCUT2D eigenvalue weighted by Crippen LogP contribution is -2.17. The van der Waals surface area contributed by atoms with Crippen LogP contribution in [-0.4, -0.2) is 23.2 Å². The minimum absolute atomic E-state index is 0.0228. The van der Waals surface area contributed by atoms with E-state index in [1.807, 2.05) is 13.8 Å². The van der Waals surface area contributed by atoms with Crippen LogP contribution in [0.5, 0.6) is 0 Å². The van der Waals surface area contributed by atoms with E-state index < -0.39 is 10.0 Å². The molecule has 0 aromatic carbocycles. The Balaban J connectivity index is 2.36. The van der Waals surface area contributed by atoms with Gasteiger partial charge in [0.2, 0.25) is 0 Å². The Bertz CT molecular complexity index is 728. The summed E-state index contributed by atoms with van der Waals surface area (Å²) in [4.78, 5) is 3.66. The minimum Gasteiger partial charge on any atom is -0.264 e. The number of anilines is 1. The first kappa shape index (κ1) is 15.1. The molecule has 0 aliphatic rings. The first-order valence-corrected chi connectivity index (χ1v) is 7.92. The number of halogens is 2. The van der Waals surface area contributed by atoms with Crippen molar-refractivity contribution >= 4 is 39.0 Å². The summed E-state index contributed by atoms with van der Waals surface area (Å²) in [5.74, 6) is 0.367. The highest BCUT2D eigenvalue weighted by molar-refractivity contribution is 7.92. The van der Waals surface area contributed by atoms with E-state index in [4.69, 9.17) is 23.2 Å². The van der Waals surface area contributed by atoms with Gasteiger partial charge in [0, 0.05) is 18.3 Å². The lowest BCUT2D eigenvalue weighted by Gasteiger charge is -2.13. The van der Waals surface area contributed by atoms with E-state index in [0.717, 1.165) is 6.20 Å². The van der Waals surface area contributed by atoms with Crippen molar-refractivity contribution in [1.82, 2.24) is 14.8 Å². The maximum absolute atomic E-state index is 12.2. The number of hydrogen-bond acceptors (Lipinski definition) is 4.